The summed E-state index contributed by atoms with van der Waals surface area (Å²) < 4.78 is 50.5. The van der Waals surface area contributed by atoms with Crippen LogP contribution in [-0.2, 0) is 4.74 Å². The molecule has 1 aliphatic rings. The molecule has 1 saturated heterocycles. The fourth-order valence-corrected chi connectivity index (χ4v) is 1.84. The van der Waals surface area contributed by atoms with E-state index < -0.39 is 31.8 Å². The number of likely N-dealkylation sites (tertiary alicyclic amines) is 1. The summed E-state index contributed by atoms with van der Waals surface area (Å²) in [7, 11) is 0. The van der Waals surface area contributed by atoms with Gasteiger partial charge in [-0.05, 0) is 47.1 Å². The lowest BCUT2D eigenvalue weighted by molar-refractivity contribution is 0.00384. The van der Waals surface area contributed by atoms with Crippen molar-refractivity contribution in [3.8, 4) is 0 Å². The maximum Gasteiger partial charge on any atom is 0.411 e. The van der Waals surface area contributed by atoms with Crippen molar-refractivity contribution in [2.24, 2.45) is 5.92 Å². The van der Waals surface area contributed by atoms with E-state index in [1.54, 1.807) is 27.7 Å². The van der Waals surface area contributed by atoms with E-state index in [1.165, 1.54) is 4.90 Å². The summed E-state index contributed by atoms with van der Waals surface area (Å²) in [4.78, 5) is 13.9. The summed E-state index contributed by atoms with van der Waals surface area (Å²) in [6, 6.07) is 0. The first-order chi connectivity index (χ1) is 9.64. The highest BCUT2D eigenvalue weighted by atomic mass is 16.6. The fraction of sp³-hybridized carbons (Fsp3) is 0.917. The van der Waals surface area contributed by atoms with Gasteiger partial charge in [-0.15, -0.1) is 0 Å². The molecule has 4 heteroatoms. The van der Waals surface area contributed by atoms with Gasteiger partial charge in [-0.3, -0.25) is 9.80 Å². The zero-order valence-electron chi connectivity index (χ0n) is 16.3. The Balaban J connectivity index is 3.13. The van der Waals surface area contributed by atoms with Gasteiger partial charge in [0.25, 0.3) is 0 Å². The average Bonchev–Trinajstić information content (AvgIpc) is 2.54. The van der Waals surface area contributed by atoms with Gasteiger partial charge in [-0.2, -0.15) is 0 Å². The van der Waals surface area contributed by atoms with Gasteiger partial charge in [0.05, 0.1) is 6.17 Å². The third-order valence-electron chi connectivity index (χ3n) is 2.55. The Morgan fingerprint density at radius 1 is 1.50 bits per heavy atom. The predicted octanol–water partition coefficient (Wildman–Crippen LogP) is 2.15. The molecule has 0 aromatic rings. The number of hydrogen-bond acceptors (Lipinski definition) is 3. The molecule has 4 nitrogen and oxygen atoms in total. The molecule has 1 fully saturated rings. The Bertz CT molecular complexity index is 401. The first kappa shape index (κ1) is 6.84. The minimum atomic E-state index is -2.84. The minimum absolute atomic E-state index is 0.267. The molecule has 0 spiro atoms. The predicted molar refractivity (Wildman–Crippen MR) is 64.2 cm³/mol. The summed E-state index contributed by atoms with van der Waals surface area (Å²) in [5.74, 6) is -0.284. The van der Waals surface area contributed by atoms with Crippen LogP contribution in [0.3, 0.4) is 0 Å². The molecule has 0 aliphatic carbocycles. The summed E-state index contributed by atoms with van der Waals surface area (Å²) in [5.41, 5.74) is -0.738. The Morgan fingerprint density at radius 2 is 2.12 bits per heavy atom. The van der Waals surface area contributed by atoms with Crippen LogP contribution in [0.1, 0.15) is 42.3 Å². The monoisotopic (exact) mass is 234 g/mol. The zero-order chi connectivity index (χ0) is 17.5. The van der Waals surface area contributed by atoms with Crippen LogP contribution in [0.2, 0.25) is 0 Å². The van der Waals surface area contributed by atoms with Gasteiger partial charge in [-0.25, -0.2) is 4.79 Å². The maximum atomic E-state index is 12.3. The summed E-state index contributed by atoms with van der Waals surface area (Å²) in [6.45, 7) is 1.42. The maximum absolute atomic E-state index is 12.3. The van der Waals surface area contributed by atoms with Crippen molar-refractivity contribution < 1.29 is 17.8 Å². The lowest BCUT2D eigenvalue weighted by Gasteiger charge is -2.33. The van der Waals surface area contributed by atoms with Crippen LogP contribution in [0.5, 0.6) is 0 Å². The highest BCUT2D eigenvalue weighted by Gasteiger charge is 2.37. The van der Waals surface area contributed by atoms with E-state index in [0.29, 0.717) is 11.3 Å². The number of carbonyl (C=O) groups is 1. The van der Waals surface area contributed by atoms with Crippen molar-refractivity contribution in [2.45, 2.75) is 45.9 Å². The summed E-state index contributed by atoms with van der Waals surface area (Å²) in [6.07, 6.45) is -1.22. The van der Waals surface area contributed by atoms with E-state index in [-0.39, 0.29) is 12.5 Å². The lowest BCUT2D eigenvalue weighted by Crippen LogP contribution is -2.48. The average molecular weight is 234 g/mol. The molecule has 0 bridgehead atoms. The topological polar surface area (TPSA) is 32.8 Å². The van der Waals surface area contributed by atoms with Gasteiger partial charge >= 0.3 is 6.09 Å². The normalized spacial score (nSPS) is 33.4. The van der Waals surface area contributed by atoms with E-state index in [1.807, 2.05) is 0 Å². The van der Waals surface area contributed by atoms with E-state index in [2.05, 4.69) is 0 Å². The van der Waals surface area contributed by atoms with E-state index in [0.717, 1.165) is 0 Å². The number of hydrogen-bond donors (Lipinski definition) is 0. The fourth-order valence-electron chi connectivity index (χ4n) is 1.84. The largest absolute Gasteiger partial charge is 0.444 e. The Hall–Kier alpha value is -0.770. The molecule has 0 N–H and O–H groups in total. The molecule has 0 radical (unpaired) electrons. The van der Waals surface area contributed by atoms with Crippen LogP contribution in [0, 0.1) is 5.92 Å². The summed E-state index contributed by atoms with van der Waals surface area (Å²) >= 11 is 0. The van der Waals surface area contributed by atoms with Crippen LogP contribution in [0.25, 0.3) is 0 Å². The van der Waals surface area contributed by atoms with Crippen molar-refractivity contribution in [1.82, 2.24) is 9.80 Å². The van der Waals surface area contributed by atoms with E-state index in [4.69, 9.17) is 13.0 Å². The Labute approximate surface area is 107 Å². The third-order valence-corrected chi connectivity index (χ3v) is 2.55. The second kappa shape index (κ2) is 4.62. The van der Waals surface area contributed by atoms with E-state index in [9.17, 15) is 4.79 Å². The number of carbonyl (C=O) groups excluding carboxylic acids is 1. The molecular formula is C12H24N2O2. The van der Waals surface area contributed by atoms with Crippen LogP contribution in [-0.4, -0.2) is 48.2 Å². The van der Waals surface area contributed by atoms with Gasteiger partial charge < -0.3 is 4.74 Å². The standard InChI is InChI=1S/C12H24N2O2/c1-9-7-8-14(10(9)13(5)6)11(15)16-12(2,3)4/h9-10H,7-8H2,1-6H3/i5D3,6D3. The first-order valence-corrected chi connectivity index (χ1v) is 5.43. The molecule has 1 aliphatic heterocycles. The molecule has 2 atom stereocenters. The molecule has 1 heterocycles. The highest BCUT2D eigenvalue weighted by molar-refractivity contribution is 5.68. The van der Waals surface area contributed by atoms with E-state index >= 15 is 0 Å². The molecule has 2 unspecified atom stereocenters. The van der Waals surface area contributed by atoms with Gasteiger partial charge in [0.1, 0.15) is 5.60 Å². The number of rotatable bonds is 1. The number of ether oxygens (including phenoxy) is 1. The van der Waals surface area contributed by atoms with Crippen molar-refractivity contribution >= 4 is 6.09 Å². The second-order valence-corrected chi connectivity index (χ2v) is 5.22. The molecule has 0 aromatic heterocycles. The van der Waals surface area contributed by atoms with Gasteiger partial charge in [0, 0.05) is 14.8 Å². The summed E-state index contributed by atoms with van der Waals surface area (Å²) in [5, 5.41) is 0. The van der Waals surface area contributed by atoms with Crippen molar-refractivity contribution in [1.29, 1.82) is 0 Å². The first-order valence-electron chi connectivity index (χ1n) is 8.43. The quantitative estimate of drug-likeness (QED) is 0.697. The van der Waals surface area contributed by atoms with Crippen LogP contribution in [0.15, 0.2) is 0 Å². The lowest BCUT2D eigenvalue weighted by atomic mass is 10.1. The molecule has 1 rings (SSSR count). The highest BCUT2D eigenvalue weighted by Crippen LogP contribution is 2.26. The van der Waals surface area contributed by atoms with Crippen molar-refractivity contribution in [3.05, 3.63) is 0 Å². The third kappa shape index (κ3) is 3.11. The molecule has 0 saturated carbocycles. The number of nitrogens with zero attached hydrogens (tertiary/aromatic N) is 2. The molecule has 1 amide bonds. The van der Waals surface area contributed by atoms with Crippen LogP contribution < -0.4 is 0 Å². The molecule has 16 heavy (non-hydrogen) atoms. The zero-order valence-corrected chi connectivity index (χ0v) is 10.3. The van der Waals surface area contributed by atoms with Gasteiger partial charge in [-0.1, -0.05) is 6.92 Å². The van der Waals surface area contributed by atoms with Gasteiger partial charge in [0.15, 0.2) is 0 Å². The minimum Gasteiger partial charge on any atom is -0.444 e. The van der Waals surface area contributed by atoms with Crippen LogP contribution in [0.4, 0.5) is 4.79 Å². The molecule has 94 valence electrons. The Kier molecular flexibility index (Phi) is 1.97. The van der Waals surface area contributed by atoms with Gasteiger partial charge in [0.2, 0.25) is 0 Å². The second-order valence-electron chi connectivity index (χ2n) is 5.22. The molecule has 0 aromatic carbocycles. The molecular weight excluding hydrogens is 204 g/mol. The van der Waals surface area contributed by atoms with Crippen LogP contribution >= 0.6 is 0 Å². The van der Waals surface area contributed by atoms with Crippen molar-refractivity contribution in [2.75, 3.05) is 20.5 Å². The van der Waals surface area contributed by atoms with Crippen molar-refractivity contribution in [3.63, 3.8) is 0 Å². The SMILES string of the molecule is [2H]C([2H])([2H])N(C1C(C)CCN1C(=O)OC(C)(C)C)C([2H])([2H])[2H]. The Morgan fingerprint density at radius 3 is 2.62 bits per heavy atom. The smallest absolute Gasteiger partial charge is 0.411 e. The number of amides is 1.